The molecule has 0 bridgehead atoms. The molecule has 0 aliphatic carbocycles. The van der Waals surface area contributed by atoms with E-state index in [0.29, 0.717) is 5.52 Å². The summed E-state index contributed by atoms with van der Waals surface area (Å²) in [6, 6.07) is 6.83. The normalized spacial score (nSPS) is 10.5. The number of aromatic nitrogens is 1. The van der Waals surface area contributed by atoms with Crippen LogP contribution in [-0.4, -0.2) is 9.91 Å². The van der Waals surface area contributed by atoms with Gasteiger partial charge in [-0.05, 0) is 19.1 Å². The molecule has 0 saturated carbocycles. The van der Waals surface area contributed by atoms with Crippen LogP contribution in [0.1, 0.15) is 5.69 Å². The Labute approximate surface area is 90.7 Å². The first kappa shape index (κ1) is 9.86. The molecule has 0 N–H and O–H groups in total. The standard InChI is InChI=1S/C10H7ClN2O2/c1-6-2-3-7-4-5-8(11)10(13(14)15)9(7)12-6/h2-5H,1H3. The summed E-state index contributed by atoms with van der Waals surface area (Å²) in [5, 5.41) is 11.7. The zero-order valence-corrected chi connectivity index (χ0v) is 8.65. The highest BCUT2D eigenvalue weighted by molar-refractivity contribution is 6.34. The second-order valence-corrected chi connectivity index (χ2v) is 3.58. The van der Waals surface area contributed by atoms with Crippen molar-refractivity contribution in [1.29, 1.82) is 0 Å². The van der Waals surface area contributed by atoms with E-state index in [2.05, 4.69) is 4.98 Å². The maximum Gasteiger partial charge on any atom is 0.313 e. The monoisotopic (exact) mass is 222 g/mol. The number of nitrogens with zero attached hydrogens (tertiary/aromatic N) is 2. The lowest BCUT2D eigenvalue weighted by Gasteiger charge is -2.01. The lowest BCUT2D eigenvalue weighted by molar-refractivity contribution is -0.383. The fourth-order valence-corrected chi connectivity index (χ4v) is 1.64. The molecule has 0 fully saturated rings. The van der Waals surface area contributed by atoms with Gasteiger partial charge in [-0.2, -0.15) is 0 Å². The molecule has 0 aliphatic rings. The van der Waals surface area contributed by atoms with Crippen LogP contribution >= 0.6 is 11.6 Å². The zero-order chi connectivity index (χ0) is 11.0. The van der Waals surface area contributed by atoms with E-state index in [-0.39, 0.29) is 10.7 Å². The van der Waals surface area contributed by atoms with Gasteiger partial charge in [0, 0.05) is 11.1 Å². The van der Waals surface area contributed by atoms with Gasteiger partial charge >= 0.3 is 5.69 Å². The number of nitro benzene ring substituents is 1. The Morgan fingerprint density at radius 2 is 2.00 bits per heavy atom. The molecule has 0 amide bonds. The number of nitro groups is 1. The summed E-state index contributed by atoms with van der Waals surface area (Å²) in [4.78, 5) is 14.5. The maximum atomic E-state index is 10.8. The molecule has 0 radical (unpaired) electrons. The number of hydrogen-bond donors (Lipinski definition) is 0. The van der Waals surface area contributed by atoms with Crippen molar-refractivity contribution in [2.75, 3.05) is 0 Å². The van der Waals surface area contributed by atoms with E-state index in [4.69, 9.17) is 11.6 Å². The molecular weight excluding hydrogens is 216 g/mol. The second-order valence-electron chi connectivity index (χ2n) is 3.18. The number of hydrogen-bond acceptors (Lipinski definition) is 3. The maximum absolute atomic E-state index is 10.8. The smallest absolute Gasteiger partial charge is 0.258 e. The molecule has 5 heteroatoms. The third-order valence-corrected chi connectivity index (χ3v) is 2.41. The van der Waals surface area contributed by atoms with Crippen molar-refractivity contribution in [3.8, 4) is 0 Å². The second kappa shape index (κ2) is 3.47. The van der Waals surface area contributed by atoms with Crippen molar-refractivity contribution in [1.82, 2.24) is 4.98 Å². The molecule has 4 nitrogen and oxygen atoms in total. The van der Waals surface area contributed by atoms with E-state index in [1.165, 1.54) is 6.07 Å². The SMILES string of the molecule is Cc1ccc2ccc(Cl)c([N+](=O)[O-])c2n1. The zero-order valence-electron chi connectivity index (χ0n) is 7.90. The van der Waals surface area contributed by atoms with Crippen molar-refractivity contribution in [3.63, 3.8) is 0 Å². The minimum atomic E-state index is -0.503. The Kier molecular flexibility index (Phi) is 2.28. The van der Waals surface area contributed by atoms with Crippen LogP contribution in [0.25, 0.3) is 10.9 Å². The van der Waals surface area contributed by atoms with E-state index in [1.54, 1.807) is 25.1 Å². The Morgan fingerprint density at radius 1 is 1.33 bits per heavy atom. The largest absolute Gasteiger partial charge is 0.313 e. The van der Waals surface area contributed by atoms with Crippen LogP contribution in [0, 0.1) is 17.0 Å². The molecule has 0 unspecified atom stereocenters. The molecule has 2 aromatic rings. The summed E-state index contributed by atoms with van der Waals surface area (Å²) in [5.74, 6) is 0. The predicted molar refractivity (Wildman–Crippen MR) is 58.1 cm³/mol. The van der Waals surface area contributed by atoms with E-state index in [1.807, 2.05) is 0 Å². The molecule has 76 valence electrons. The lowest BCUT2D eigenvalue weighted by atomic mass is 10.2. The van der Waals surface area contributed by atoms with Gasteiger partial charge in [0.05, 0.1) is 4.92 Å². The minimum absolute atomic E-state index is 0.116. The van der Waals surface area contributed by atoms with Crippen molar-refractivity contribution in [2.24, 2.45) is 0 Å². The quantitative estimate of drug-likeness (QED) is 0.550. The number of fused-ring (bicyclic) bond motifs is 1. The van der Waals surface area contributed by atoms with Gasteiger partial charge in [-0.1, -0.05) is 23.7 Å². The average molecular weight is 223 g/mol. The topological polar surface area (TPSA) is 56.0 Å². The van der Waals surface area contributed by atoms with E-state index >= 15 is 0 Å². The molecule has 0 atom stereocenters. The van der Waals surface area contributed by atoms with Crippen molar-refractivity contribution >= 4 is 28.2 Å². The van der Waals surface area contributed by atoms with Gasteiger partial charge in [0.1, 0.15) is 10.5 Å². The van der Waals surface area contributed by atoms with Gasteiger partial charge < -0.3 is 0 Å². The third-order valence-electron chi connectivity index (χ3n) is 2.11. The van der Waals surface area contributed by atoms with Crippen LogP contribution in [-0.2, 0) is 0 Å². The van der Waals surface area contributed by atoms with Gasteiger partial charge in [0.15, 0.2) is 0 Å². The summed E-state index contributed by atoms with van der Waals surface area (Å²) in [5.41, 5.74) is 0.943. The highest BCUT2D eigenvalue weighted by Crippen LogP contribution is 2.31. The minimum Gasteiger partial charge on any atom is -0.258 e. The van der Waals surface area contributed by atoms with Crippen LogP contribution in [0.4, 0.5) is 5.69 Å². The van der Waals surface area contributed by atoms with Crippen LogP contribution in [0.3, 0.4) is 0 Å². The first-order chi connectivity index (χ1) is 7.09. The molecule has 0 spiro atoms. The van der Waals surface area contributed by atoms with E-state index in [9.17, 15) is 10.1 Å². The molecule has 1 heterocycles. The summed E-state index contributed by atoms with van der Waals surface area (Å²) < 4.78 is 0. The van der Waals surface area contributed by atoms with E-state index in [0.717, 1.165) is 11.1 Å². The van der Waals surface area contributed by atoms with Crippen molar-refractivity contribution < 1.29 is 4.92 Å². The van der Waals surface area contributed by atoms with Crippen molar-refractivity contribution in [2.45, 2.75) is 6.92 Å². The number of halogens is 1. The summed E-state index contributed by atoms with van der Waals surface area (Å²) in [6.07, 6.45) is 0. The Bertz CT molecular complexity index is 549. The van der Waals surface area contributed by atoms with Crippen molar-refractivity contribution in [3.05, 3.63) is 45.1 Å². The highest BCUT2D eigenvalue weighted by Gasteiger charge is 2.18. The molecule has 15 heavy (non-hydrogen) atoms. The first-order valence-electron chi connectivity index (χ1n) is 4.30. The molecule has 0 aliphatic heterocycles. The molecule has 1 aromatic carbocycles. The Morgan fingerprint density at radius 3 is 2.67 bits per heavy atom. The van der Waals surface area contributed by atoms with Gasteiger partial charge in [0.25, 0.3) is 0 Å². The predicted octanol–water partition coefficient (Wildman–Crippen LogP) is 3.10. The molecule has 2 rings (SSSR count). The molecule has 1 aromatic heterocycles. The third kappa shape index (κ3) is 1.64. The van der Waals surface area contributed by atoms with Gasteiger partial charge in [0.2, 0.25) is 0 Å². The summed E-state index contributed by atoms with van der Waals surface area (Å²) >= 11 is 5.77. The first-order valence-corrected chi connectivity index (χ1v) is 4.67. The van der Waals surface area contributed by atoms with Crippen LogP contribution in [0.5, 0.6) is 0 Å². The van der Waals surface area contributed by atoms with Gasteiger partial charge in [-0.25, -0.2) is 4.98 Å². The van der Waals surface area contributed by atoms with Crippen LogP contribution in [0.15, 0.2) is 24.3 Å². The van der Waals surface area contributed by atoms with Gasteiger partial charge in [-0.15, -0.1) is 0 Å². The van der Waals surface area contributed by atoms with Crippen LogP contribution < -0.4 is 0 Å². The number of aryl methyl sites for hydroxylation is 1. The highest BCUT2D eigenvalue weighted by atomic mass is 35.5. The molecule has 0 saturated heterocycles. The number of rotatable bonds is 1. The Balaban J connectivity index is 2.90. The summed E-state index contributed by atoms with van der Waals surface area (Å²) in [6.45, 7) is 1.78. The summed E-state index contributed by atoms with van der Waals surface area (Å²) in [7, 11) is 0. The van der Waals surface area contributed by atoms with Crippen LogP contribution in [0.2, 0.25) is 5.02 Å². The average Bonchev–Trinajstić information content (AvgIpc) is 2.16. The fraction of sp³-hybridized carbons (Fsp3) is 0.100. The molecular formula is C10H7ClN2O2. The number of pyridine rings is 1. The van der Waals surface area contributed by atoms with Gasteiger partial charge in [-0.3, -0.25) is 10.1 Å². The number of benzene rings is 1. The fourth-order valence-electron chi connectivity index (χ4n) is 1.42. The van der Waals surface area contributed by atoms with E-state index < -0.39 is 4.92 Å². The lowest BCUT2D eigenvalue weighted by Crippen LogP contribution is -1.93. The Hall–Kier alpha value is -1.68.